The largest absolute Gasteiger partial charge is 0.325 e. The number of amides is 3. The molecule has 0 bridgehead atoms. The number of rotatable bonds is 5. The zero-order valence-electron chi connectivity index (χ0n) is 18.6. The van der Waals surface area contributed by atoms with Gasteiger partial charge in [0.25, 0.3) is 5.91 Å². The Bertz CT molecular complexity index is 1130. The van der Waals surface area contributed by atoms with Gasteiger partial charge < -0.3 is 5.32 Å². The lowest BCUT2D eigenvalue weighted by molar-refractivity contribution is -0.132. The van der Waals surface area contributed by atoms with Crippen molar-refractivity contribution < 1.29 is 18.4 Å². The molecule has 7 heteroatoms. The molecule has 3 aromatic carbocycles. The molecule has 0 saturated carbocycles. The molecule has 174 valence electrons. The third kappa shape index (κ3) is 3.96. The quantitative estimate of drug-likeness (QED) is 0.572. The monoisotopic (exact) mass is 461 g/mol. The Morgan fingerprint density at radius 3 is 1.85 bits per heavy atom. The van der Waals surface area contributed by atoms with Crippen LogP contribution in [0.3, 0.4) is 0 Å². The second kappa shape index (κ2) is 8.99. The van der Waals surface area contributed by atoms with Gasteiger partial charge in [0.05, 0.1) is 0 Å². The Hall–Kier alpha value is -3.58. The molecule has 0 unspecified atom stereocenters. The maximum atomic E-state index is 13.9. The highest BCUT2D eigenvalue weighted by Gasteiger charge is 2.55. The van der Waals surface area contributed by atoms with E-state index in [4.69, 9.17) is 0 Å². The summed E-state index contributed by atoms with van der Waals surface area (Å²) in [6, 6.07) is 20.4. The van der Waals surface area contributed by atoms with Crippen LogP contribution in [0.2, 0.25) is 0 Å². The van der Waals surface area contributed by atoms with Gasteiger partial charge in [-0.3, -0.25) is 14.6 Å². The highest BCUT2D eigenvalue weighted by molar-refractivity contribution is 6.09. The van der Waals surface area contributed by atoms with Gasteiger partial charge in [0, 0.05) is 25.7 Å². The number of carbonyl (C=O) groups excluding carboxylic acids is 2. The number of carbonyl (C=O) groups is 2. The fraction of sp³-hybridized carbons (Fsp3) is 0.259. The minimum absolute atomic E-state index is 0.248. The van der Waals surface area contributed by atoms with E-state index in [0.717, 1.165) is 19.6 Å². The molecular weight excluding hydrogens is 436 g/mol. The lowest BCUT2D eigenvalue weighted by Gasteiger charge is -2.36. The van der Waals surface area contributed by atoms with Crippen molar-refractivity contribution in [2.24, 2.45) is 0 Å². The number of nitrogens with zero attached hydrogens (tertiary/aromatic N) is 2. The van der Waals surface area contributed by atoms with E-state index in [9.17, 15) is 18.4 Å². The molecule has 34 heavy (non-hydrogen) atoms. The highest BCUT2D eigenvalue weighted by atomic mass is 19.1. The van der Waals surface area contributed by atoms with Crippen LogP contribution in [0.4, 0.5) is 13.6 Å². The summed E-state index contributed by atoms with van der Waals surface area (Å²) in [6.45, 7) is 2.34. The predicted molar refractivity (Wildman–Crippen MR) is 124 cm³/mol. The number of hydrogen-bond donors (Lipinski definition) is 1. The SMILES string of the molecule is O=C1NC(c2ccc(F)cc2)(c2ccc(F)cc2)C(=O)N1C1CCN(Cc2ccccc2)CC1. The highest BCUT2D eigenvalue weighted by Crippen LogP contribution is 2.38. The zero-order valence-corrected chi connectivity index (χ0v) is 18.6. The van der Waals surface area contributed by atoms with Crippen LogP contribution in [-0.4, -0.2) is 40.9 Å². The first-order chi connectivity index (χ1) is 16.5. The summed E-state index contributed by atoms with van der Waals surface area (Å²) in [4.78, 5) is 30.7. The molecule has 5 nitrogen and oxygen atoms in total. The van der Waals surface area contributed by atoms with Crippen molar-refractivity contribution in [2.75, 3.05) is 13.1 Å². The summed E-state index contributed by atoms with van der Waals surface area (Å²) in [6.07, 6.45) is 1.32. The van der Waals surface area contributed by atoms with Crippen LogP contribution < -0.4 is 5.32 Å². The number of urea groups is 1. The predicted octanol–water partition coefficient (Wildman–Crippen LogP) is 4.42. The lowest BCUT2D eigenvalue weighted by atomic mass is 9.82. The van der Waals surface area contributed by atoms with Crippen molar-refractivity contribution in [1.82, 2.24) is 15.1 Å². The molecule has 0 aliphatic carbocycles. The smallest absolute Gasteiger partial charge is 0.315 e. The van der Waals surface area contributed by atoms with Gasteiger partial charge in [0.15, 0.2) is 5.54 Å². The van der Waals surface area contributed by atoms with Gasteiger partial charge >= 0.3 is 6.03 Å². The first kappa shape index (κ1) is 22.2. The molecule has 3 amide bonds. The Morgan fingerprint density at radius 1 is 0.794 bits per heavy atom. The van der Waals surface area contributed by atoms with Gasteiger partial charge in [-0.05, 0) is 53.8 Å². The molecule has 3 aromatic rings. The number of piperidine rings is 1. The first-order valence-electron chi connectivity index (χ1n) is 11.4. The summed E-state index contributed by atoms with van der Waals surface area (Å²) in [5.41, 5.74) is 0.563. The number of benzene rings is 3. The lowest BCUT2D eigenvalue weighted by Crippen LogP contribution is -2.49. The van der Waals surface area contributed by atoms with E-state index >= 15 is 0 Å². The zero-order chi connectivity index (χ0) is 23.7. The van der Waals surface area contributed by atoms with Crippen molar-refractivity contribution in [1.29, 1.82) is 0 Å². The summed E-state index contributed by atoms with van der Waals surface area (Å²) in [5.74, 6) is -1.31. The average molecular weight is 462 g/mol. The van der Waals surface area contributed by atoms with Crippen LogP contribution in [0.1, 0.15) is 29.5 Å². The second-order valence-corrected chi connectivity index (χ2v) is 8.86. The van der Waals surface area contributed by atoms with Crippen molar-refractivity contribution in [2.45, 2.75) is 31.0 Å². The van der Waals surface area contributed by atoms with E-state index < -0.39 is 29.1 Å². The fourth-order valence-corrected chi connectivity index (χ4v) is 5.01. The fourth-order valence-electron chi connectivity index (χ4n) is 5.01. The molecule has 2 heterocycles. The molecule has 5 rings (SSSR count). The second-order valence-electron chi connectivity index (χ2n) is 8.86. The number of halogens is 2. The van der Waals surface area contributed by atoms with Gasteiger partial charge in [-0.25, -0.2) is 13.6 Å². The number of imide groups is 1. The van der Waals surface area contributed by atoms with E-state index in [-0.39, 0.29) is 6.04 Å². The molecule has 2 aliphatic heterocycles. The van der Waals surface area contributed by atoms with Crippen molar-refractivity contribution in [3.63, 3.8) is 0 Å². The van der Waals surface area contributed by atoms with Crippen LogP contribution in [-0.2, 0) is 16.9 Å². The van der Waals surface area contributed by atoms with E-state index in [1.807, 2.05) is 18.2 Å². The van der Waals surface area contributed by atoms with Crippen molar-refractivity contribution >= 4 is 11.9 Å². The molecule has 1 N–H and O–H groups in total. The molecule has 0 spiro atoms. The van der Waals surface area contributed by atoms with Gasteiger partial charge in [0.2, 0.25) is 0 Å². The third-order valence-corrected chi connectivity index (χ3v) is 6.78. The van der Waals surface area contributed by atoms with Crippen LogP contribution in [0.15, 0.2) is 78.9 Å². The number of hydrogen-bond acceptors (Lipinski definition) is 3. The Kier molecular flexibility index (Phi) is 5.87. The first-order valence-corrected chi connectivity index (χ1v) is 11.4. The van der Waals surface area contributed by atoms with E-state index in [1.165, 1.54) is 59.0 Å². The number of likely N-dealkylation sites (tertiary alicyclic amines) is 1. The summed E-state index contributed by atoms with van der Waals surface area (Å²) in [5, 5.41) is 2.87. The van der Waals surface area contributed by atoms with Crippen molar-refractivity contribution in [3.8, 4) is 0 Å². The molecule has 2 saturated heterocycles. The van der Waals surface area contributed by atoms with E-state index in [0.29, 0.717) is 24.0 Å². The normalized spacial score (nSPS) is 18.8. The molecular formula is C27H25F2N3O2. The van der Waals surface area contributed by atoms with Gasteiger partial charge in [-0.15, -0.1) is 0 Å². The standard InChI is InChI=1S/C27H25F2N3O2/c28-22-10-6-20(7-11-22)27(21-8-12-23(29)13-9-21)25(33)32(26(34)30-27)24-14-16-31(17-15-24)18-19-4-2-1-3-5-19/h1-13,24H,14-18H2,(H,30,34). The molecule has 0 radical (unpaired) electrons. The summed E-state index contributed by atoms with van der Waals surface area (Å²) >= 11 is 0. The minimum atomic E-state index is -1.53. The minimum Gasteiger partial charge on any atom is -0.315 e. The van der Waals surface area contributed by atoms with Crippen molar-refractivity contribution in [3.05, 3.63) is 107 Å². The van der Waals surface area contributed by atoms with Crippen LogP contribution in [0.5, 0.6) is 0 Å². The van der Waals surface area contributed by atoms with Crippen LogP contribution >= 0.6 is 0 Å². The molecule has 0 aromatic heterocycles. The molecule has 2 aliphatic rings. The number of nitrogens with one attached hydrogen (secondary N) is 1. The topological polar surface area (TPSA) is 52.7 Å². The van der Waals surface area contributed by atoms with Gasteiger partial charge in [-0.1, -0.05) is 54.6 Å². The average Bonchev–Trinajstić information content (AvgIpc) is 3.12. The Morgan fingerprint density at radius 2 is 1.32 bits per heavy atom. The Labute approximate surface area is 197 Å². The third-order valence-electron chi connectivity index (χ3n) is 6.78. The Balaban J connectivity index is 1.41. The van der Waals surface area contributed by atoms with E-state index in [1.54, 1.807) is 0 Å². The summed E-state index contributed by atoms with van der Waals surface area (Å²) in [7, 11) is 0. The maximum Gasteiger partial charge on any atom is 0.325 e. The molecule has 0 atom stereocenters. The maximum absolute atomic E-state index is 13.9. The summed E-state index contributed by atoms with van der Waals surface area (Å²) < 4.78 is 27.3. The van der Waals surface area contributed by atoms with Crippen LogP contribution in [0.25, 0.3) is 0 Å². The molecule has 2 fully saturated rings. The van der Waals surface area contributed by atoms with E-state index in [2.05, 4.69) is 22.3 Å². The van der Waals surface area contributed by atoms with Gasteiger partial charge in [-0.2, -0.15) is 0 Å². The van der Waals surface area contributed by atoms with Crippen LogP contribution in [0, 0.1) is 11.6 Å². The van der Waals surface area contributed by atoms with Gasteiger partial charge in [0.1, 0.15) is 11.6 Å².